The van der Waals surface area contributed by atoms with Gasteiger partial charge in [0.25, 0.3) is 0 Å². The lowest BCUT2D eigenvalue weighted by Gasteiger charge is -2.41. The summed E-state index contributed by atoms with van der Waals surface area (Å²) in [6.45, 7) is 7.54. The van der Waals surface area contributed by atoms with E-state index in [1.54, 1.807) is 4.90 Å². The number of rotatable bonds is 9. The third kappa shape index (κ3) is 7.42. The molecule has 1 atom stereocenters. The number of sulfonamides is 1. The molecule has 3 heterocycles. The van der Waals surface area contributed by atoms with Crippen LogP contribution in [0.25, 0.3) is 0 Å². The lowest BCUT2D eigenvalue weighted by atomic mass is 9.74. The lowest BCUT2D eigenvalue weighted by molar-refractivity contribution is -0.139. The van der Waals surface area contributed by atoms with Crippen LogP contribution in [-0.2, 0) is 36.4 Å². The fourth-order valence-electron chi connectivity index (χ4n) is 6.34. The second-order valence-corrected chi connectivity index (χ2v) is 13.9. The molecule has 0 radical (unpaired) electrons. The van der Waals surface area contributed by atoms with E-state index in [0.29, 0.717) is 63.7 Å². The average molecular weight is 631 g/mol. The Balaban J connectivity index is 0.00000423. The van der Waals surface area contributed by atoms with Crippen LogP contribution < -0.4 is 9.62 Å². The molecule has 234 valence electrons. The molecule has 0 aromatic heterocycles. The van der Waals surface area contributed by atoms with Crippen molar-refractivity contribution in [2.24, 2.45) is 0 Å². The van der Waals surface area contributed by atoms with Gasteiger partial charge in [0, 0.05) is 49.8 Å². The number of likely N-dealkylation sites (tertiary alicyclic amines) is 1. The highest BCUT2D eigenvalue weighted by molar-refractivity contribution is 7.92. The third-order valence-corrected chi connectivity index (χ3v) is 10.0. The van der Waals surface area contributed by atoms with Crippen LogP contribution in [0.1, 0.15) is 44.2 Å². The number of benzene rings is 2. The van der Waals surface area contributed by atoms with Crippen molar-refractivity contribution in [3.63, 3.8) is 0 Å². The molecule has 2 amide bonds. The Hall–Kier alpha value is -2.92. The van der Waals surface area contributed by atoms with Crippen molar-refractivity contribution in [1.29, 1.82) is 0 Å². The van der Waals surface area contributed by atoms with Gasteiger partial charge in [-0.25, -0.2) is 8.42 Å². The SMILES string of the molecule is CC(C)N1CC=C(C(=O)N[C@H](COCc2ccccc2)C(=O)N2CCC3(CC2)CN(S(C)(=O)=O)c2ccccc23)CC1.Cl. The monoisotopic (exact) mass is 630 g/mol. The van der Waals surface area contributed by atoms with Crippen molar-refractivity contribution in [2.75, 3.05) is 49.9 Å². The standard InChI is InChI=1S/C32H42N4O5S.ClH/c1-24(2)34-17-13-26(14-18-34)30(37)33-28(22-41-21-25-9-5-4-6-10-25)31(38)35-19-15-32(16-20-35)23-36(42(3,39)40)29-12-8-7-11-27(29)32;/h4-13,24,28H,14-23H2,1-3H3,(H,33,37);1H/t28-;/m1./s1. The van der Waals surface area contributed by atoms with Crippen LogP contribution in [0.15, 0.2) is 66.2 Å². The molecule has 1 N–H and O–H groups in total. The minimum Gasteiger partial charge on any atom is -0.374 e. The molecule has 1 fully saturated rings. The first-order valence-electron chi connectivity index (χ1n) is 14.8. The van der Waals surface area contributed by atoms with Crippen LogP contribution in [0.4, 0.5) is 5.69 Å². The second-order valence-electron chi connectivity index (χ2n) is 12.0. The molecule has 0 unspecified atom stereocenters. The topological polar surface area (TPSA) is 99.3 Å². The molecule has 0 aliphatic carbocycles. The average Bonchev–Trinajstić information content (AvgIpc) is 3.31. The van der Waals surface area contributed by atoms with Crippen LogP contribution in [0.2, 0.25) is 0 Å². The number of hydrogen-bond acceptors (Lipinski definition) is 6. The maximum absolute atomic E-state index is 13.9. The molecule has 1 saturated heterocycles. The Morgan fingerprint density at radius 2 is 1.67 bits per heavy atom. The molecule has 1 spiro atoms. The molecular formula is C32H43ClN4O5S. The van der Waals surface area contributed by atoms with Gasteiger partial charge in [0.2, 0.25) is 21.8 Å². The number of halogens is 1. The van der Waals surface area contributed by atoms with Gasteiger partial charge in [-0.2, -0.15) is 0 Å². The smallest absolute Gasteiger partial charge is 0.247 e. The van der Waals surface area contributed by atoms with Gasteiger partial charge in [-0.05, 0) is 50.3 Å². The Labute approximate surface area is 261 Å². The molecule has 5 rings (SSSR count). The van der Waals surface area contributed by atoms with Crippen molar-refractivity contribution >= 4 is 39.9 Å². The van der Waals surface area contributed by atoms with E-state index in [0.717, 1.165) is 23.4 Å². The summed E-state index contributed by atoms with van der Waals surface area (Å²) < 4.78 is 32.6. The maximum atomic E-state index is 13.9. The summed E-state index contributed by atoms with van der Waals surface area (Å²) in [5.74, 6) is -0.389. The summed E-state index contributed by atoms with van der Waals surface area (Å²) >= 11 is 0. The van der Waals surface area contributed by atoms with Crippen LogP contribution >= 0.6 is 12.4 Å². The maximum Gasteiger partial charge on any atom is 0.247 e. The number of hydrogen-bond donors (Lipinski definition) is 1. The highest BCUT2D eigenvalue weighted by atomic mass is 35.5. The van der Waals surface area contributed by atoms with E-state index in [2.05, 4.69) is 24.1 Å². The van der Waals surface area contributed by atoms with Gasteiger partial charge < -0.3 is 15.0 Å². The number of anilines is 1. The van der Waals surface area contributed by atoms with Crippen LogP contribution in [0, 0.1) is 0 Å². The van der Waals surface area contributed by atoms with Gasteiger partial charge >= 0.3 is 0 Å². The zero-order valence-corrected chi connectivity index (χ0v) is 26.8. The summed E-state index contributed by atoms with van der Waals surface area (Å²) in [7, 11) is -3.42. The van der Waals surface area contributed by atoms with Gasteiger partial charge in [-0.15, -0.1) is 12.4 Å². The van der Waals surface area contributed by atoms with Crippen molar-refractivity contribution in [2.45, 2.75) is 57.2 Å². The fraction of sp³-hybridized carbons (Fsp3) is 0.500. The quantitative estimate of drug-likeness (QED) is 0.456. The van der Waals surface area contributed by atoms with Gasteiger partial charge in [-0.3, -0.25) is 18.8 Å². The zero-order valence-electron chi connectivity index (χ0n) is 25.2. The van der Waals surface area contributed by atoms with Crippen LogP contribution in [-0.4, -0.2) is 87.7 Å². The largest absolute Gasteiger partial charge is 0.374 e. The van der Waals surface area contributed by atoms with E-state index < -0.39 is 16.1 Å². The minimum absolute atomic E-state index is 0. The van der Waals surface area contributed by atoms with E-state index in [1.165, 1.54) is 10.6 Å². The van der Waals surface area contributed by atoms with Crippen molar-refractivity contribution in [1.82, 2.24) is 15.1 Å². The highest BCUT2D eigenvalue weighted by Gasteiger charge is 2.47. The lowest BCUT2D eigenvalue weighted by Crippen LogP contribution is -2.55. The van der Waals surface area contributed by atoms with Crippen LogP contribution in [0.3, 0.4) is 0 Å². The summed E-state index contributed by atoms with van der Waals surface area (Å²) in [6.07, 6.45) is 5.12. The molecule has 43 heavy (non-hydrogen) atoms. The Bertz CT molecular complexity index is 1420. The van der Waals surface area contributed by atoms with E-state index >= 15 is 0 Å². The van der Waals surface area contributed by atoms with E-state index in [4.69, 9.17) is 4.74 Å². The fourth-order valence-corrected chi connectivity index (χ4v) is 7.34. The number of ether oxygens (including phenoxy) is 1. The molecule has 2 aromatic carbocycles. The van der Waals surface area contributed by atoms with E-state index in [1.807, 2.05) is 60.7 Å². The molecule has 11 heteroatoms. The summed E-state index contributed by atoms with van der Waals surface area (Å²) in [5.41, 5.74) is 3.12. The van der Waals surface area contributed by atoms with Crippen molar-refractivity contribution in [3.05, 3.63) is 77.4 Å². The number of nitrogens with one attached hydrogen (secondary N) is 1. The first kappa shape index (κ1) is 33.0. The predicted molar refractivity (Wildman–Crippen MR) is 171 cm³/mol. The number of carbonyl (C=O) groups is 2. The van der Waals surface area contributed by atoms with Crippen molar-refractivity contribution in [3.8, 4) is 0 Å². The van der Waals surface area contributed by atoms with Gasteiger partial charge in [0.1, 0.15) is 6.04 Å². The summed E-state index contributed by atoms with van der Waals surface area (Å²) in [6, 6.07) is 17.0. The number of amides is 2. The molecule has 0 saturated carbocycles. The first-order chi connectivity index (χ1) is 20.1. The Morgan fingerprint density at radius 3 is 2.30 bits per heavy atom. The summed E-state index contributed by atoms with van der Waals surface area (Å²) in [4.78, 5) is 31.3. The minimum atomic E-state index is -3.42. The van der Waals surface area contributed by atoms with E-state index in [9.17, 15) is 18.0 Å². The third-order valence-electron chi connectivity index (χ3n) is 8.88. The van der Waals surface area contributed by atoms with Gasteiger partial charge in [-0.1, -0.05) is 54.6 Å². The zero-order chi connectivity index (χ0) is 29.9. The molecule has 0 bridgehead atoms. The number of piperidine rings is 1. The van der Waals surface area contributed by atoms with Crippen molar-refractivity contribution < 1.29 is 22.7 Å². The molecular weight excluding hydrogens is 588 g/mol. The Morgan fingerprint density at radius 1 is 1.00 bits per heavy atom. The second kappa shape index (κ2) is 13.8. The Kier molecular flexibility index (Phi) is 10.6. The first-order valence-corrected chi connectivity index (χ1v) is 16.6. The number of fused-ring (bicyclic) bond motifs is 2. The molecule has 3 aliphatic rings. The molecule has 3 aliphatic heterocycles. The molecule has 2 aromatic rings. The summed E-state index contributed by atoms with van der Waals surface area (Å²) in [5, 5.41) is 2.99. The normalized spacial score (nSPS) is 19.0. The van der Waals surface area contributed by atoms with Gasteiger partial charge in [0.15, 0.2) is 0 Å². The van der Waals surface area contributed by atoms with E-state index in [-0.39, 0.29) is 36.2 Å². The van der Waals surface area contributed by atoms with Crippen LogP contribution in [0.5, 0.6) is 0 Å². The number of nitrogens with zero attached hydrogens (tertiary/aromatic N) is 3. The highest BCUT2D eigenvalue weighted by Crippen LogP contribution is 2.47. The number of carbonyl (C=O) groups excluding carboxylic acids is 2. The number of para-hydroxylation sites is 1. The van der Waals surface area contributed by atoms with Gasteiger partial charge in [0.05, 0.1) is 25.2 Å². The molecule has 9 nitrogen and oxygen atoms in total. The predicted octanol–water partition coefficient (Wildman–Crippen LogP) is 3.49.